The quantitative estimate of drug-likeness (QED) is 0.326. The molecule has 42 heavy (non-hydrogen) atoms. The number of benzene rings is 3. The van der Waals surface area contributed by atoms with Gasteiger partial charge in [-0.05, 0) is 42.2 Å². The molecule has 0 radical (unpaired) electrons. The smallest absolute Gasteiger partial charge is 0.266 e. The number of sulfonamides is 1. The molecule has 2 fully saturated rings. The zero-order valence-electron chi connectivity index (χ0n) is 22.8. The largest absolute Gasteiger partial charge is 0.366 e. The Morgan fingerprint density at radius 3 is 2.14 bits per heavy atom. The number of morpholine rings is 1. The number of nitrogens with two attached hydrogens (primary N) is 1. The number of fused-ring (bicyclic) bond motifs is 1. The van der Waals surface area contributed by atoms with E-state index in [0.717, 1.165) is 12.8 Å². The van der Waals surface area contributed by atoms with E-state index in [1.165, 1.54) is 15.4 Å². The highest BCUT2D eigenvalue weighted by atomic mass is 79.9. The van der Waals surface area contributed by atoms with Crippen molar-refractivity contribution in [2.75, 3.05) is 32.8 Å². The zero-order chi connectivity index (χ0) is 29.5. The topological polar surface area (TPSA) is 126 Å². The number of hydrogen-bond donors (Lipinski definition) is 2. The molecular formula is C31H31BrN4O5S. The second-order valence-electron chi connectivity index (χ2n) is 10.7. The lowest BCUT2D eigenvalue weighted by molar-refractivity contribution is -0.148. The van der Waals surface area contributed by atoms with Gasteiger partial charge in [0.15, 0.2) is 0 Å². The number of hydrogen-bond acceptors (Lipinski definition) is 5. The molecule has 0 bridgehead atoms. The first kappa shape index (κ1) is 28.6. The van der Waals surface area contributed by atoms with Crippen LogP contribution in [-0.2, 0) is 25.0 Å². The number of ether oxygens (including phenoxy) is 1. The van der Waals surface area contributed by atoms with Gasteiger partial charge >= 0.3 is 0 Å². The fourth-order valence-electron chi connectivity index (χ4n) is 6.27. The Balaban J connectivity index is 1.23. The molecule has 3 heterocycles. The van der Waals surface area contributed by atoms with Crippen LogP contribution in [-0.4, -0.2) is 73.3 Å². The molecule has 4 aromatic rings. The van der Waals surface area contributed by atoms with E-state index >= 15 is 0 Å². The van der Waals surface area contributed by atoms with Crippen LogP contribution in [0.3, 0.4) is 0 Å². The van der Waals surface area contributed by atoms with Gasteiger partial charge in [-0.2, -0.15) is 4.31 Å². The zero-order valence-corrected chi connectivity index (χ0v) is 25.2. The summed E-state index contributed by atoms with van der Waals surface area (Å²) in [6, 6.07) is 25.8. The van der Waals surface area contributed by atoms with E-state index in [1.807, 2.05) is 36.4 Å². The van der Waals surface area contributed by atoms with Crippen molar-refractivity contribution in [3.8, 4) is 0 Å². The predicted octanol–water partition coefficient (Wildman–Crippen LogP) is 4.03. The van der Waals surface area contributed by atoms with Gasteiger partial charge in [0, 0.05) is 47.0 Å². The third-order valence-electron chi connectivity index (χ3n) is 8.44. The molecule has 1 unspecified atom stereocenters. The molecule has 2 aliphatic heterocycles. The van der Waals surface area contributed by atoms with Crippen molar-refractivity contribution < 1.29 is 22.7 Å². The highest BCUT2D eigenvalue weighted by Crippen LogP contribution is 2.42. The maximum absolute atomic E-state index is 13.9. The number of likely N-dealkylation sites (tertiary alicyclic amines) is 1. The monoisotopic (exact) mass is 650 g/mol. The van der Waals surface area contributed by atoms with Crippen molar-refractivity contribution in [3.05, 3.63) is 100 Å². The number of rotatable bonds is 6. The Bertz CT molecular complexity index is 1690. The van der Waals surface area contributed by atoms with Crippen molar-refractivity contribution in [2.24, 2.45) is 5.73 Å². The van der Waals surface area contributed by atoms with E-state index < -0.39 is 22.0 Å². The van der Waals surface area contributed by atoms with Gasteiger partial charge < -0.3 is 20.4 Å². The second kappa shape index (κ2) is 11.3. The third-order valence-corrected chi connectivity index (χ3v) is 10.9. The van der Waals surface area contributed by atoms with E-state index in [0.29, 0.717) is 28.5 Å². The van der Waals surface area contributed by atoms with Crippen molar-refractivity contribution in [2.45, 2.75) is 29.3 Å². The summed E-state index contributed by atoms with van der Waals surface area (Å²) in [4.78, 5) is 30.4. The predicted molar refractivity (Wildman–Crippen MR) is 162 cm³/mol. The summed E-state index contributed by atoms with van der Waals surface area (Å²) in [5.74, 6) is -1.11. The fourth-order valence-corrected chi connectivity index (χ4v) is 8.40. The lowest BCUT2D eigenvalue weighted by Crippen LogP contribution is -2.55. The van der Waals surface area contributed by atoms with Crippen LogP contribution >= 0.6 is 15.9 Å². The molecule has 6 rings (SSSR count). The lowest BCUT2D eigenvalue weighted by Gasteiger charge is -2.44. The maximum atomic E-state index is 13.9. The molecule has 0 spiro atoms. The molecule has 11 heteroatoms. The van der Waals surface area contributed by atoms with Gasteiger partial charge in [0.1, 0.15) is 16.7 Å². The van der Waals surface area contributed by atoms with Crippen molar-refractivity contribution >= 4 is 48.7 Å². The SMILES string of the molecule is NC(=O)c1[nH]c2ccc(Br)cc2c1S(=O)(=O)N1CCOC(C(=O)N2CCC(c3ccccc3)(c3ccccc3)CC2)C1. The van der Waals surface area contributed by atoms with E-state index in [1.54, 1.807) is 23.1 Å². The standard InChI is InChI=1S/C31H31BrN4O5S/c32-23-11-12-25-24(19-23)28(27(34-25)29(33)37)42(39,40)36-17-18-41-26(20-36)30(38)35-15-13-31(14-16-35,21-7-3-1-4-8-21)22-9-5-2-6-10-22/h1-12,19,26,34H,13-18,20H2,(H2,33,37). The van der Waals surface area contributed by atoms with Crippen LogP contribution in [0.15, 0.2) is 88.2 Å². The van der Waals surface area contributed by atoms with Crippen molar-refractivity contribution in [1.82, 2.24) is 14.2 Å². The van der Waals surface area contributed by atoms with Gasteiger partial charge in [0.2, 0.25) is 10.0 Å². The Kier molecular flexibility index (Phi) is 7.69. The van der Waals surface area contributed by atoms with Gasteiger partial charge in [-0.25, -0.2) is 8.42 Å². The number of aromatic nitrogens is 1. The summed E-state index contributed by atoms with van der Waals surface area (Å²) >= 11 is 3.38. The van der Waals surface area contributed by atoms with Crippen LogP contribution in [0, 0.1) is 0 Å². The van der Waals surface area contributed by atoms with Crippen molar-refractivity contribution in [1.29, 1.82) is 0 Å². The Morgan fingerprint density at radius 2 is 1.55 bits per heavy atom. The molecule has 218 valence electrons. The van der Waals surface area contributed by atoms with Gasteiger partial charge in [-0.3, -0.25) is 9.59 Å². The molecule has 2 aliphatic rings. The third kappa shape index (κ3) is 5.04. The van der Waals surface area contributed by atoms with Crippen LogP contribution in [0.4, 0.5) is 0 Å². The number of aromatic amines is 1. The van der Waals surface area contributed by atoms with E-state index in [-0.39, 0.29) is 41.6 Å². The number of nitrogens with one attached hydrogen (secondary N) is 1. The van der Waals surface area contributed by atoms with Crippen LogP contribution in [0.25, 0.3) is 10.9 Å². The van der Waals surface area contributed by atoms with E-state index in [2.05, 4.69) is 45.2 Å². The molecular weight excluding hydrogens is 620 g/mol. The number of primary amides is 1. The summed E-state index contributed by atoms with van der Waals surface area (Å²) in [6.45, 7) is 0.976. The average molecular weight is 652 g/mol. The Morgan fingerprint density at radius 1 is 0.929 bits per heavy atom. The number of H-pyrrole nitrogens is 1. The molecule has 0 saturated carbocycles. The summed E-state index contributed by atoms with van der Waals surface area (Å²) in [5, 5.41) is 0.349. The van der Waals surface area contributed by atoms with Gasteiger partial charge in [0.05, 0.1) is 6.61 Å². The Hall–Kier alpha value is -3.51. The van der Waals surface area contributed by atoms with Crippen LogP contribution in [0.2, 0.25) is 0 Å². The minimum absolute atomic E-state index is 0.0517. The average Bonchev–Trinajstić information content (AvgIpc) is 3.42. The molecule has 3 N–H and O–H groups in total. The second-order valence-corrected chi connectivity index (χ2v) is 13.5. The van der Waals surface area contributed by atoms with Crippen LogP contribution < -0.4 is 5.73 Å². The van der Waals surface area contributed by atoms with E-state index in [4.69, 9.17) is 10.5 Å². The van der Waals surface area contributed by atoms with Crippen LogP contribution in [0.1, 0.15) is 34.5 Å². The molecule has 2 saturated heterocycles. The lowest BCUT2D eigenvalue weighted by atomic mass is 9.68. The number of carbonyl (C=O) groups is 2. The first-order valence-corrected chi connectivity index (χ1v) is 16.1. The highest BCUT2D eigenvalue weighted by Gasteiger charge is 2.43. The molecule has 9 nitrogen and oxygen atoms in total. The number of piperidine rings is 1. The molecule has 1 atom stereocenters. The highest BCUT2D eigenvalue weighted by molar-refractivity contribution is 9.10. The molecule has 0 aliphatic carbocycles. The Labute approximate surface area is 252 Å². The summed E-state index contributed by atoms with van der Waals surface area (Å²) < 4.78 is 35.6. The number of nitrogens with zero attached hydrogens (tertiary/aromatic N) is 2. The van der Waals surface area contributed by atoms with Gasteiger partial charge in [0.25, 0.3) is 11.8 Å². The number of amides is 2. The minimum atomic E-state index is -4.20. The summed E-state index contributed by atoms with van der Waals surface area (Å²) in [5.41, 5.74) is 8.06. The number of halogens is 1. The normalized spacial score (nSPS) is 19.5. The first-order valence-electron chi connectivity index (χ1n) is 13.8. The molecule has 3 aromatic carbocycles. The van der Waals surface area contributed by atoms with Gasteiger partial charge in [-0.15, -0.1) is 0 Å². The van der Waals surface area contributed by atoms with Gasteiger partial charge in [-0.1, -0.05) is 76.6 Å². The summed E-state index contributed by atoms with van der Waals surface area (Å²) in [7, 11) is -4.20. The fraction of sp³-hybridized carbons (Fsp3) is 0.290. The number of carbonyl (C=O) groups excluding carboxylic acids is 2. The summed E-state index contributed by atoms with van der Waals surface area (Å²) in [6.07, 6.45) is 0.505. The maximum Gasteiger partial charge on any atom is 0.266 e. The molecule has 2 amide bonds. The first-order chi connectivity index (χ1) is 20.2. The molecule has 1 aromatic heterocycles. The minimum Gasteiger partial charge on any atom is -0.366 e. The van der Waals surface area contributed by atoms with E-state index in [9.17, 15) is 18.0 Å². The van der Waals surface area contributed by atoms with Crippen LogP contribution in [0.5, 0.6) is 0 Å². The van der Waals surface area contributed by atoms with Crippen molar-refractivity contribution in [3.63, 3.8) is 0 Å².